The molecule has 3 aliphatic heterocycles. The summed E-state index contributed by atoms with van der Waals surface area (Å²) in [6.07, 6.45) is 3.06. The van der Waals surface area contributed by atoms with Crippen LogP contribution >= 0.6 is 0 Å². The van der Waals surface area contributed by atoms with Gasteiger partial charge in [-0.15, -0.1) is 0 Å². The topological polar surface area (TPSA) is 111 Å². The highest BCUT2D eigenvalue weighted by molar-refractivity contribution is 5.68. The van der Waals surface area contributed by atoms with E-state index in [1.165, 1.54) is 4.52 Å². The van der Waals surface area contributed by atoms with Crippen LogP contribution in [0.1, 0.15) is 70.1 Å². The van der Waals surface area contributed by atoms with Gasteiger partial charge in [0.05, 0.1) is 30.6 Å². The van der Waals surface area contributed by atoms with Gasteiger partial charge in [0.15, 0.2) is 5.82 Å². The predicted molar refractivity (Wildman–Crippen MR) is 115 cm³/mol. The number of piperidine rings is 1. The average molecular weight is 444 g/mol. The Hall–Kier alpha value is -2.72. The first-order valence-electron chi connectivity index (χ1n) is 11.1. The van der Waals surface area contributed by atoms with E-state index in [2.05, 4.69) is 10.1 Å². The number of carbonyl (C=O) groups is 1. The Kier molecular flexibility index (Phi) is 4.90. The molecule has 0 radical (unpaired) electrons. The van der Waals surface area contributed by atoms with Gasteiger partial charge in [0.25, 0.3) is 11.3 Å². The molecule has 3 aliphatic rings. The number of hydrogen-bond acceptors (Lipinski definition) is 7. The highest BCUT2D eigenvalue weighted by Gasteiger charge is 2.50. The summed E-state index contributed by atoms with van der Waals surface area (Å²) in [5.41, 5.74) is 0.727. The van der Waals surface area contributed by atoms with E-state index in [0.29, 0.717) is 62.0 Å². The zero-order chi connectivity index (χ0) is 22.7. The fraction of sp³-hybridized carbons (Fsp3) is 0.636. The second-order valence-electron chi connectivity index (χ2n) is 9.66. The summed E-state index contributed by atoms with van der Waals surface area (Å²) in [5.74, 6) is 0.985. The van der Waals surface area contributed by atoms with Crippen molar-refractivity contribution in [2.45, 2.75) is 64.3 Å². The summed E-state index contributed by atoms with van der Waals surface area (Å²) in [5, 5.41) is 3.12. The molecule has 0 aromatic carbocycles. The van der Waals surface area contributed by atoms with Crippen molar-refractivity contribution >= 4 is 17.4 Å². The van der Waals surface area contributed by atoms with Crippen LogP contribution in [-0.4, -0.2) is 62.5 Å². The first-order chi connectivity index (χ1) is 15.2. The maximum Gasteiger partial charge on any atom is 0.410 e. The molecular weight excluding hydrogens is 414 g/mol. The van der Waals surface area contributed by atoms with Crippen LogP contribution in [0.25, 0.3) is 11.4 Å². The minimum absolute atomic E-state index is 0.188. The number of fused-ring (bicyclic) bond motifs is 3. The Morgan fingerprint density at radius 3 is 2.69 bits per heavy atom. The quantitative estimate of drug-likeness (QED) is 0.721. The Bertz CT molecular complexity index is 1150. The zero-order valence-corrected chi connectivity index (χ0v) is 18.9. The standard InChI is InChI=1S/C22H29N5O5/c1-13-16-15(22(31-13)7-9-26(10-8-22)20(29)32-21(2,3)4)18(28)27-19(23-16)24-17(25-27)14-5-11-30-12-6-14/h5,13H,6-12H2,1-4H3,(H,23,24,25). The minimum atomic E-state index is -0.762. The van der Waals surface area contributed by atoms with E-state index in [9.17, 15) is 9.59 Å². The normalized spacial score (nSPS) is 22.8. The van der Waals surface area contributed by atoms with Crippen LogP contribution in [0.3, 0.4) is 0 Å². The number of likely N-dealkylation sites (tertiary alicyclic amines) is 1. The number of hydrogen-bond donors (Lipinski definition) is 1. The van der Waals surface area contributed by atoms with E-state index in [-0.39, 0.29) is 17.8 Å². The molecule has 1 atom stereocenters. The Balaban J connectivity index is 1.47. The van der Waals surface area contributed by atoms with Crippen LogP contribution in [0.5, 0.6) is 0 Å². The summed E-state index contributed by atoms with van der Waals surface area (Å²) in [6, 6.07) is 0. The van der Waals surface area contributed by atoms with Gasteiger partial charge in [-0.2, -0.15) is 9.50 Å². The molecule has 32 heavy (non-hydrogen) atoms. The first kappa shape index (κ1) is 21.1. The number of carbonyl (C=O) groups excluding carboxylic acids is 1. The monoisotopic (exact) mass is 443 g/mol. The van der Waals surface area contributed by atoms with Gasteiger partial charge in [0.2, 0.25) is 0 Å². The predicted octanol–water partition coefficient (Wildman–Crippen LogP) is 2.54. The summed E-state index contributed by atoms with van der Waals surface area (Å²) in [6.45, 7) is 9.51. The lowest BCUT2D eigenvalue weighted by atomic mass is 9.85. The first-order valence-corrected chi connectivity index (χ1v) is 11.1. The van der Waals surface area contributed by atoms with Gasteiger partial charge in [-0.05, 0) is 52.5 Å². The summed E-state index contributed by atoms with van der Waals surface area (Å²) in [4.78, 5) is 37.0. The van der Waals surface area contributed by atoms with Crippen molar-refractivity contribution in [2.75, 3.05) is 26.3 Å². The number of nitrogens with zero attached hydrogens (tertiary/aromatic N) is 4. The molecule has 0 saturated carbocycles. The van der Waals surface area contributed by atoms with Crippen molar-refractivity contribution in [1.82, 2.24) is 24.5 Å². The van der Waals surface area contributed by atoms with E-state index < -0.39 is 11.2 Å². The van der Waals surface area contributed by atoms with E-state index in [0.717, 1.165) is 12.0 Å². The average Bonchev–Trinajstić information content (AvgIpc) is 3.28. The van der Waals surface area contributed by atoms with Crippen molar-refractivity contribution in [3.63, 3.8) is 0 Å². The molecule has 0 bridgehead atoms. The number of ether oxygens (including phenoxy) is 3. The molecule has 1 unspecified atom stereocenters. The molecule has 1 saturated heterocycles. The van der Waals surface area contributed by atoms with Crippen molar-refractivity contribution in [3.8, 4) is 0 Å². The Morgan fingerprint density at radius 2 is 2.03 bits per heavy atom. The molecule has 1 amide bonds. The molecule has 172 valence electrons. The van der Waals surface area contributed by atoms with Gasteiger partial charge in [-0.1, -0.05) is 6.08 Å². The second-order valence-corrected chi connectivity index (χ2v) is 9.66. The van der Waals surface area contributed by atoms with Crippen molar-refractivity contribution in [2.24, 2.45) is 0 Å². The van der Waals surface area contributed by atoms with E-state index in [1.807, 2.05) is 33.8 Å². The van der Waals surface area contributed by atoms with Gasteiger partial charge >= 0.3 is 6.09 Å². The minimum Gasteiger partial charge on any atom is -0.444 e. The van der Waals surface area contributed by atoms with E-state index in [1.54, 1.807) is 4.90 Å². The van der Waals surface area contributed by atoms with E-state index >= 15 is 0 Å². The lowest BCUT2D eigenvalue weighted by Crippen LogP contribution is -2.48. The lowest BCUT2D eigenvalue weighted by Gasteiger charge is -2.39. The molecule has 1 spiro atoms. The van der Waals surface area contributed by atoms with Crippen LogP contribution < -0.4 is 5.56 Å². The Labute approximate surface area is 185 Å². The summed E-state index contributed by atoms with van der Waals surface area (Å²) < 4.78 is 18.6. The number of nitrogens with one attached hydrogen (secondary N) is 1. The number of aromatic nitrogens is 4. The fourth-order valence-electron chi connectivity index (χ4n) is 4.74. The third kappa shape index (κ3) is 3.51. The second kappa shape index (κ2) is 7.41. The number of H-pyrrole nitrogens is 1. The summed E-state index contributed by atoms with van der Waals surface area (Å²) in [7, 11) is 0. The molecule has 10 heteroatoms. The van der Waals surface area contributed by atoms with Gasteiger partial charge in [0.1, 0.15) is 11.2 Å². The molecule has 10 nitrogen and oxygen atoms in total. The van der Waals surface area contributed by atoms with Gasteiger partial charge in [-0.25, -0.2) is 9.78 Å². The third-order valence-corrected chi connectivity index (χ3v) is 6.26. The number of aromatic amines is 1. The molecule has 0 aliphatic carbocycles. The smallest absolute Gasteiger partial charge is 0.410 e. The zero-order valence-electron chi connectivity index (χ0n) is 18.9. The molecule has 2 aromatic rings. The van der Waals surface area contributed by atoms with Crippen LogP contribution in [-0.2, 0) is 19.8 Å². The SMILES string of the molecule is CC1OC2(CCN(C(=O)OC(C)(C)C)CC2)c2c1nc1nc(C3=CCOCC3)[nH]n1c2=O. The summed E-state index contributed by atoms with van der Waals surface area (Å²) >= 11 is 0. The molecule has 1 N–H and O–H groups in total. The van der Waals surface area contributed by atoms with Gasteiger partial charge < -0.3 is 19.1 Å². The van der Waals surface area contributed by atoms with Crippen LogP contribution in [0.4, 0.5) is 4.79 Å². The molecule has 5 heterocycles. The Morgan fingerprint density at radius 1 is 1.28 bits per heavy atom. The van der Waals surface area contributed by atoms with Gasteiger partial charge in [-0.3, -0.25) is 9.89 Å². The van der Waals surface area contributed by atoms with Crippen molar-refractivity contribution in [3.05, 3.63) is 33.5 Å². The van der Waals surface area contributed by atoms with E-state index in [4.69, 9.17) is 19.2 Å². The molecule has 5 rings (SSSR count). The van der Waals surface area contributed by atoms with Crippen LogP contribution in [0.2, 0.25) is 0 Å². The maximum absolute atomic E-state index is 13.6. The van der Waals surface area contributed by atoms with Crippen molar-refractivity contribution < 1.29 is 19.0 Å². The maximum atomic E-state index is 13.6. The number of amides is 1. The van der Waals surface area contributed by atoms with Crippen molar-refractivity contribution in [1.29, 1.82) is 0 Å². The van der Waals surface area contributed by atoms with Gasteiger partial charge in [0, 0.05) is 13.1 Å². The fourth-order valence-corrected chi connectivity index (χ4v) is 4.74. The van der Waals surface area contributed by atoms with Crippen LogP contribution in [0, 0.1) is 0 Å². The molecule has 2 aromatic heterocycles. The van der Waals surface area contributed by atoms with Crippen LogP contribution in [0.15, 0.2) is 10.9 Å². The molecular formula is C22H29N5O5. The highest BCUT2D eigenvalue weighted by atomic mass is 16.6. The highest BCUT2D eigenvalue weighted by Crippen LogP contribution is 2.47. The lowest BCUT2D eigenvalue weighted by molar-refractivity contribution is -0.104. The third-order valence-electron chi connectivity index (χ3n) is 6.26. The molecule has 1 fully saturated rings. The number of rotatable bonds is 1. The largest absolute Gasteiger partial charge is 0.444 e.